The van der Waals surface area contributed by atoms with Crippen LogP contribution in [0.1, 0.15) is 44.4 Å². The van der Waals surface area contributed by atoms with E-state index in [0.717, 1.165) is 22.6 Å². The number of carbonyl (C=O) groups excluding carboxylic acids is 2. The smallest absolute Gasteiger partial charge is 0.412 e. The Kier molecular flexibility index (Phi) is 6.53. The van der Waals surface area contributed by atoms with Crippen LogP contribution in [0.4, 0.5) is 21.0 Å². The zero-order valence-corrected chi connectivity index (χ0v) is 17.9. The molecule has 3 amide bonds. The fourth-order valence-corrected chi connectivity index (χ4v) is 4.16. The van der Waals surface area contributed by atoms with Crippen molar-refractivity contribution in [2.45, 2.75) is 43.7 Å². The van der Waals surface area contributed by atoms with Gasteiger partial charge in [0.2, 0.25) is 0 Å². The number of amides is 3. The molecule has 0 bridgehead atoms. The normalized spacial score (nSPS) is 15.3. The molecule has 0 fully saturated rings. The number of fused-ring (bicyclic) bond motifs is 1. The van der Waals surface area contributed by atoms with Crippen molar-refractivity contribution in [2.75, 3.05) is 16.4 Å². The van der Waals surface area contributed by atoms with Crippen LogP contribution in [0, 0.1) is 11.3 Å². The number of carbonyl (C=O) groups is 2. The Bertz CT molecular complexity index is 995. The molecule has 0 aliphatic carbocycles. The highest BCUT2D eigenvalue weighted by Crippen LogP contribution is 2.37. The first-order chi connectivity index (χ1) is 14.2. The first kappa shape index (κ1) is 21.5. The average Bonchev–Trinajstić information content (AvgIpc) is 2.67. The monoisotopic (exact) mass is 424 g/mol. The molecule has 30 heavy (non-hydrogen) atoms. The number of para-hydroxylation sites is 1. The largest absolute Gasteiger partial charge is 0.444 e. The predicted molar refractivity (Wildman–Crippen MR) is 118 cm³/mol. The van der Waals surface area contributed by atoms with E-state index in [2.05, 4.69) is 22.0 Å². The number of ether oxygens (including phenoxy) is 1. The Hall–Kier alpha value is -3.18. The van der Waals surface area contributed by atoms with Gasteiger partial charge in [-0.1, -0.05) is 12.1 Å². The van der Waals surface area contributed by atoms with E-state index < -0.39 is 11.7 Å². The molecule has 1 heterocycles. The summed E-state index contributed by atoms with van der Waals surface area (Å²) in [7, 11) is 0. The molecule has 3 rings (SSSR count). The summed E-state index contributed by atoms with van der Waals surface area (Å²) in [6.45, 7) is 5.41. The predicted octanol–water partition coefficient (Wildman–Crippen LogP) is 5.26. The standard InChI is InChI=1S/C22H24N4O3S/c1-22(2,3)29-21(28)24-15-8-9-19-16(12-15)18(10-11-30-19)26-20(27)25-17-7-5-4-6-14(17)13-23/h4-9,12,18H,10-11H2,1-3H3,(H,24,28)(H2,25,26,27)/t18-/m1/s1. The minimum absolute atomic E-state index is 0.212. The van der Waals surface area contributed by atoms with Crippen molar-refractivity contribution in [3.63, 3.8) is 0 Å². The Morgan fingerprint density at radius 2 is 1.93 bits per heavy atom. The molecule has 0 unspecified atom stereocenters. The molecule has 156 valence electrons. The fourth-order valence-electron chi connectivity index (χ4n) is 3.05. The summed E-state index contributed by atoms with van der Waals surface area (Å²) in [6.07, 6.45) is 0.224. The summed E-state index contributed by atoms with van der Waals surface area (Å²) >= 11 is 1.71. The molecular formula is C22H24N4O3S. The van der Waals surface area contributed by atoms with Gasteiger partial charge in [-0.15, -0.1) is 11.8 Å². The zero-order chi connectivity index (χ0) is 21.7. The summed E-state index contributed by atoms with van der Waals surface area (Å²) in [6, 6.07) is 13.9. The number of nitrogens with one attached hydrogen (secondary N) is 3. The maximum atomic E-state index is 12.5. The van der Waals surface area contributed by atoms with Crippen molar-refractivity contribution < 1.29 is 14.3 Å². The highest BCUT2D eigenvalue weighted by atomic mass is 32.2. The first-order valence-corrected chi connectivity index (χ1v) is 10.6. The summed E-state index contributed by atoms with van der Waals surface area (Å²) < 4.78 is 5.30. The van der Waals surface area contributed by atoms with E-state index in [-0.39, 0.29) is 12.1 Å². The third kappa shape index (κ3) is 5.67. The Labute approximate surface area is 180 Å². The molecule has 0 saturated carbocycles. The quantitative estimate of drug-likeness (QED) is 0.623. The van der Waals surface area contributed by atoms with Crippen LogP contribution >= 0.6 is 11.8 Å². The fraction of sp³-hybridized carbons (Fsp3) is 0.318. The minimum Gasteiger partial charge on any atom is -0.444 e. The van der Waals surface area contributed by atoms with Crippen molar-refractivity contribution in [1.29, 1.82) is 5.26 Å². The van der Waals surface area contributed by atoms with E-state index in [9.17, 15) is 14.9 Å². The molecular weight excluding hydrogens is 400 g/mol. The van der Waals surface area contributed by atoms with E-state index in [0.29, 0.717) is 16.9 Å². The highest BCUT2D eigenvalue weighted by Gasteiger charge is 2.24. The van der Waals surface area contributed by atoms with Gasteiger partial charge in [-0.3, -0.25) is 5.32 Å². The Morgan fingerprint density at radius 1 is 1.17 bits per heavy atom. The second-order valence-corrected chi connectivity index (χ2v) is 8.96. The second kappa shape index (κ2) is 9.09. The maximum Gasteiger partial charge on any atom is 0.412 e. The number of rotatable bonds is 3. The minimum atomic E-state index is -0.587. The molecule has 8 heteroatoms. The summed E-state index contributed by atoms with van der Waals surface area (Å²) in [5.41, 5.74) is 1.81. The van der Waals surface area contributed by atoms with Crippen molar-refractivity contribution in [3.8, 4) is 6.07 Å². The van der Waals surface area contributed by atoms with Crippen molar-refractivity contribution in [1.82, 2.24) is 5.32 Å². The second-order valence-electron chi connectivity index (χ2n) is 7.83. The third-order valence-electron chi connectivity index (χ3n) is 4.30. The van der Waals surface area contributed by atoms with E-state index in [1.165, 1.54) is 0 Å². The number of anilines is 2. The van der Waals surface area contributed by atoms with Gasteiger partial charge in [0.05, 0.1) is 17.3 Å². The van der Waals surface area contributed by atoms with Crippen LogP contribution in [0.2, 0.25) is 0 Å². The molecule has 2 aromatic rings. The van der Waals surface area contributed by atoms with Gasteiger partial charge in [0, 0.05) is 16.3 Å². The maximum absolute atomic E-state index is 12.5. The van der Waals surface area contributed by atoms with Crippen molar-refractivity contribution >= 4 is 35.3 Å². The van der Waals surface area contributed by atoms with Gasteiger partial charge in [-0.2, -0.15) is 5.26 Å². The van der Waals surface area contributed by atoms with Gasteiger partial charge in [0.1, 0.15) is 11.7 Å². The molecule has 0 radical (unpaired) electrons. The lowest BCUT2D eigenvalue weighted by atomic mass is 10.0. The molecule has 0 spiro atoms. The van der Waals surface area contributed by atoms with Gasteiger partial charge < -0.3 is 15.4 Å². The van der Waals surface area contributed by atoms with Crippen LogP contribution in [0.25, 0.3) is 0 Å². The molecule has 0 aromatic heterocycles. The van der Waals surface area contributed by atoms with Crippen molar-refractivity contribution in [3.05, 3.63) is 53.6 Å². The summed E-state index contributed by atoms with van der Waals surface area (Å²) in [4.78, 5) is 25.7. The molecule has 3 N–H and O–H groups in total. The zero-order valence-electron chi connectivity index (χ0n) is 17.1. The topological polar surface area (TPSA) is 103 Å². The average molecular weight is 425 g/mol. The van der Waals surface area contributed by atoms with Gasteiger partial charge in [-0.25, -0.2) is 9.59 Å². The molecule has 7 nitrogen and oxygen atoms in total. The van der Waals surface area contributed by atoms with E-state index in [1.54, 1.807) is 56.8 Å². The molecule has 2 aromatic carbocycles. The van der Waals surface area contributed by atoms with Gasteiger partial charge in [0.25, 0.3) is 0 Å². The van der Waals surface area contributed by atoms with Crippen LogP contribution < -0.4 is 16.0 Å². The first-order valence-electron chi connectivity index (χ1n) is 9.58. The molecule has 1 atom stereocenters. The van der Waals surface area contributed by atoms with E-state index >= 15 is 0 Å². The van der Waals surface area contributed by atoms with E-state index in [4.69, 9.17) is 4.74 Å². The van der Waals surface area contributed by atoms with Crippen molar-refractivity contribution in [2.24, 2.45) is 0 Å². The number of thioether (sulfide) groups is 1. The van der Waals surface area contributed by atoms with Crippen LogP contribution in [0.5, 0.6) is 0 Å². The molecule has 0 saturated heterocycles. The van der Waals surface area contributed by atoms with Crippen LogP contribution in [0.15, 0.2) is 47.4 Å². The van der Waals surface area contributed by atoms with Gasteiger partial charge in [-0.05, 0) is 63.1 Å². The Balaban J connectivity index is 1.72. The highest BCUT2D eigenvalue weighted by molar-refractivity contribution is 7.99. The van der Waals surface area contributed by atoms with E-state index in [1.807, 2.05) is 18.2 Å². The lowest BCUT2D eigenvalue weighted by Gasteiger charge is -2.27. The third-order valence-corrected chi connectivity index (χ3v) is 5.42. The summed E-state index contributed by atoms with van der Waals surface area (Å²) in [5.74, 6) is 0.867. The number of hydrogen-bond acceptors (Lipinski definition) is 5. The lowest BCUT2D eigenvalue weighted by molar-refractivity contribution is 0.0636. The van der Waals surface area contributed by atoms with Gasteiger partial charge >= 0.3 is 12.1 Å². The Morgan fingerprint density at radius 3 is 2.67 bits per heavy atom. The number of hydrogen-bond donors (Lipinski definition) is 3. The number of nitrogens with zero attached hydrogens (tertiary/aromatic N) is 1. The number of nitriles is 1. The number of benzene rings is 2. The molecule has 1 aliphatic heterocycles. The number of urea groups is 1. The lowest BCUT2D eigenvalue weighted by Crippen LogP contribution is -2.34. The van der Waals surface area contributed by atoms with Crippen LogP contribution in [0.3, 0.4) is 0 Å². The van der Waals surface area contributed by atoms with Crippen LogP contribution in [-0.2, 0) is 4.74 Å². The summed E-state index contributed by atoms with van der Waals surface area (Å²) in [5, 5.41) is 17.6. The SMILES string of the molecule is CC(C)(C)OC(=O)Nc1ccc2c(c1)[C@H](NC(=O)Nc1ccccc1C#N)CCS2. The molecule has 1 aliphatic rings. The van der Waals surface area contributed by atoms with Gasteiger partial charge in [0.15, 0.2) is 0 Å². The van der Waals surface area contributed by atoms with Crippen LogP contribution in [-0.4, -0.2) is 23.5 Å².